The summed E-state index contributed by atoms with van der Waals surface area (Å²) in [7, 11) is 0. The Bertz CT molecular complexity index is 1080. The molecule has 43 heavy (non-hydrogen) atoms. The van der Waals surface area contributed by atoms with Crippen LogP contribution >= 0.6 is 0 Å². The molecular weight excluding hydrogens is 548 g/mol. The smallest absolute Gasteiger partial charge is 0.341 e. The Hall–Kier alpha value is -1.10. The number of hydrogen-bond acceptors (Lipinski definition) is 9. The molecule has 7 rings (SSSR count). The summed E-state index contributed by atoms with van der Waals surface area (Å²) in [5.74, 6) is 1.73. The van der Waals surface area contributed by atoms with Crippen molar-refractivity contribution < 1.29 is 33.6 Å². The number of nitrogens with two attached hydrogens (primary N) is 1. The van der Waals surface area contributed by atoms with E-state index < -0.39 is 29.3 Å². The van der Waals surface area contributed by atoms with E-state index in [0.717, 1.165) is 31.1 Å². The van der Waals surface area contributed by atoms with Crippen molar-refractivity contribution in [3.05, 3.63) is 0 Å². The molecule has 3 saturated carbocycles. The van der Waals surface area contributed by atoms with Crippen LogP contribution in [-0.4, -0.2) is 76.9 Å². The number of ether oxygens (including phenoxy) is 4. The van der Waals surface area contributed by atoms with E-state index in [9.17, 15) is 14.7 Å². The zero-order valence-electron chi connectivity index (χ0n) is 26.5. The van der Waals surface area contributed by atoms with E-state index in [1.54, 1.807) is 0 Å². The van der Waals surface area contributed by atoms with E-state index in [4.69, 9.17) is 24.7 Å². The standard InChI is InChI=1S/C34H54N2O7/c1-17-13-23(37)29-25(40-17)16-24-22(31(29)38)15-27(33(2,3)42-24)41-32(39)34(4)26(43-34)12-10-19-14-28(35)36-30-20-8-6-5-7-18(20)9-11-21(19)30/h17-22,24-31,36,38H,5-16,35H2,1-4H3/t17?,18?,19?,20?,21?,22?,24?,25?,26-,27-,28?,29?,30?,31?,34-/m1/s1. The predicted octanol–water partition coefficient (Wildman–Crippen LogP) is 3.63. The number of fused-ring (bicyclic) bond motifs is 5. The minimum Gasteiger partial charge on any atom is -0.457 e. The highest BCUT2D eigenvalue weighted by Crippen LogP contribution is 2.51. The molecule has 12 unspecified atom stereocenters. The van der Waals surface area contributed by atoms with E-state index in [2.05, 4.69) is 5.32 Å². The third-order valence-electron chi connectivity index (χ3n) is 12.9. The van der Waals surface area contributed by atoms with Crippen LogP contribution in [0.3, 0.4) is 0 Å². The lowest BCUT2D eigenvalue weighted by Gasteiger charge is -2.53. The molecule has 0 amide bonds. The van der Waals surface area contributed by atoms with Crippen molar-refractivity contribution in [2.75, 3.05) is 0 Å². The molecule has 4 heterocycles. The highest BCUT2D eigenvalue weighted by atomic mass is 16.7. The van der Waals surface area contributed by atoms with Gasteiger partial charge in [-0.05, 0) is 96.3 Å². The second-order valence-corrected chi connectivity index (χ2v) is 16.0. The number of hydrogen-bond donors (Lipinski definition) is 3. The van der Waals surface area contributed by atoms with Crippen LogP contribution in [0.1, 0.15) is 105 Å². The molecule has 7 fully saturated rings. The van der Waals surface area contributed by atoms with E-state index in [1.807, 2.05) is 27.7 Å². The fraction of sp³-hybridized carbons (Fsp3) is 0.941. The third kappa shape index (κ3) is 5.52. The first-order chi connectivity index (χ1) is 20.4. The van der Waals surface area contributed by atoms with Crippen LogP contribution in [0.15, 0.2) is 0 Å². The molecule has 7 aliphatic rings. The third-order valence-corrected chi connectivity index (χ3v) is 12.9. The SMILES string of the molecule is CC1CC(=O)C2C(CC3OC(C)(C)[C@H](OC(=O)[C@]4(C)O[C@@H]4CCC4CC(N)NC5C6CCCCC6CCC45)CC3C2O)O1. The van der Waals surface area contributed by atoms with Gasteiger partial charge in [-0.25, -0.2) is 4.79 Å². The second-order valence-electron chi connectivity index (χ2n) is 16.0. The summed E-state index contributed by atoms with van der Waals surface area (Å²) >= 11 is 0. The number of carbonyl (C=O) groups is 2. The fourth-order valence-electron chi connectivity index (χ4n) is 10.5. The molecule has 4 N–H and O–H groups in total. The Morgan fingerprint density at radius 2 is 1.79 bits per heavy atom. The molecule has 4 aliphatic heterocycles. The van der Waals surface area contributed by atoms with Crippen molar-refractivity contribution in [2.45, 2.75) is 165 Å². The van der Waals surface area contributed by atoms with Crippen LogP contribution in [-0.2, 0) is 28.5 Å². The number of piperidine rings is 1. The van der Waals surface area contributed by atoms with Crippen molar-refractivity contribution in [3.63, 3.8) is 0 Å². The minimum absolute atomic E-state index is 0.0463. The number of aliphatic hydroxyl groups is 1. The predicted molar refractivity (Wildman–Crippen MR) is 159 cm³/mol. The highest BCUT2D eigenvalue weighted by molar-refractivity contribution is 5.84. The lowest BCUT2D eigenvalue weighted by Crippen LogP contribution is -2.63. The van der Waals surface area contributed by atoms with Gasteiger partial charge >= 0.3 is 5.97 Å². The zero-order valence-corrected chi connectivity index (χ0v) is 26.5. The first-order valence-corrected chi connectivity index (χ1v) is 17.4. The van der Waals surface area contributed by atoms with E-state index in [1.165, 1.54) is 38.5 Å². The zero-order chi connectivity index (χ0) is 30.3. The van der Waals surface area contributed by atoms with Gasteiger partial charge in [-0.15, -0.1) is 0 Å². The Labute approximate surface area is 256 Å². The summed E-state index contributed by atoms with van der Waals surface area (Å²) in [6.45, 7) is 7.64. The molecule has 0 aromatic carbocycles. The largest absolute Gasteiger partial charge is 0.457 e. The Balaban J connectivity index is 0.957. The Morgan fingerprint density at radius 1 is 1.00 bits per heavy atom. The lowest BCUT2D eigenvalue weighted by molar-refractivity contribution is -0.257. The van der Waals surface area contributed by atoms with E-state index in [0.29, 0.717) is 37.1 Å². The quantitative estimate of drug-likeness (QED) is 0.319. The van der Waals surface area contributed by atoms with Crippen LogP contribution in [0, 0.1) is 35.5 Å². The number of Topliss-reactive ketones (excluding diaryl/α,β-unsaturated/α-hetero) is 1. The summed E-state index contributed by atoms with van der Waals surface area (Å²) in [6, 6.07) is 0.533. The molecule has 3 aliphatic carbocycles. The number of rotatable bonds is 5. The highest BCUT2D eigenvalue weighted by Gasteiger charge is 2.62. The van der Waals surface area contributed by atoms with Crippen molar-refractivity contribution >= 4 is 11.8 Å². The van der Waals surface area contributed by atoms with Crippen molar-refractivity contribution in [1.82, 2.24) is 5.32 Å². The van der Waals surface area contributed by atoms with E-state index >= 15 is 0 Å². The minimum atomic E-state index is -0.956. The summed E-state index contributed by atoms with van der Waals surface area (Å²) in [5, 5.41) is 15.1. The number of ketones is 1. The number of epoxide rings is 1. The molecule has 0 radical (unpaired) electrons. The van der Waals surface area contributed by atoms with Gasteiger partial charge in [-0.1, -0.05) is 19.3 Å². The maximum Gasteiger partial charge on any atom is 0.341 e. The van der Waals surface area contributed by atoms with Gasteiger partial charge in [0.25, 0.3) is 0 Å². The monoisotopic (exact) mass is 602 g/mol. The fourth-order valence-corrected chi connectivity index (χ4v) is 10.5. The molecule has 0 spiro atoms. The molecule has 9 nitrogen and oxygen atoms in total. The average molecular weight is 603 g/mol. The average Bonchev–Trinajstić information content (AvgIpc) is 3.62. The van der Waals surface area contributed by atoms with Gasteiger partial charge in [0.1, 0.15) is 11.9 Å². The van der Waals surface area contributed by atoms with Crippen LogP contribution in [0.25, 0.3) is 0 Å². The van der Waals surface area contributed by atoms with Gasteiger partial charge < -0.3 is 29.8 Å². The molecule has 15 atom stereocenters. The van der Waals surface area contributed by atoms with Crippen molar-refractivity contribution in [1.29, 1.82) is 0 Å². The summed E-state index contributed by atoms with van der Waals surface area (Å²) < 4.78 is 24.7. The maximum absolute atomic E-state index is 13.6. The van der Waals surface area contributed by atoms with Crippen molar-refractivity contribution in [3.8, 4) is 0 Å². The van der Waals surface area contributed by atoms with Crippen LogP contribution in [0.5, 0.6) is 0 Å². The maximum atomic E-state index is 13.6. The summed E-state index contributed by atoms with van der Waals surface area (Å²) in [5.41, 5.74) is 4.86. The molecule has 0 aromatic heterocycles. The van der Waals surface area contributed by atoms with Crippen molar-refractivity contribution in [2.24, 2.45) is 41.2 Å². The lowest BCUT2D eigenvalue weighted by atomic mass is 9.59. The van der Waals surface area contributed by atoms with Gasteiger partial charge in [-0.3, -0.25) is 10.1 Å². The number of aliphatic hydroxyl groups excluding tert-OH is 1. The summed E-state index contributed by atoms with van der Waals surface area (Å²) in [4.78, 5) is 26.4. The van der Waals surface area contributed by atoms with Gasteiger partial charge in [0.15, 0.2) is 5.60 Å². The van der Waals surface area contributed by atoms with Crippen LogP contribution in [0.4, 0.5) is 0 Å². The number of nitrogens with one attached hydrogen (secondary N) is 1. The van der Waals surface area contributed by atoms with Crippen LogP contribution < -0.4 is 11.1 Å². The Kier molecular flexibility index (Phi) is 8.03. The molecule has 9 heteroatoms. The second kappa shape index (κ2) is 11.3. The summed E-state index contributed by atoms with van der Waals surface area (Å²) in [6.07, 6.45) is 10.0. The first-order valence-electron chi connectivity index (χ1n) is 17.4. The number of carbonyl (C=O) groups excluding carboxylic acids is 2. The molecular formula is C34H54N2O7. The molecule has 4 saturated heterocycles. The van der Waals surface area contributed by atoms with Gasteiger partial charge in [0, 0.05) is 24.8 Å². The Morgan fingerprint density at radius 3 is 2.60 bits per heavy atom. The van der Waals surface area contributed by atoms with Gasteiger partial charge in [-0.2, -0.15) is 0 Å². The molecule has 0 bridgehead atoms. The molecule has 242 valence electrons. The first kappa shape index (κ1) is 30.5. The topological polar surface area (TPSA) is 133 Å². The van der Waals surface area contributed by atoms with E-state index in [-0.39, 0.29) is 48.3 Å². The normalized spacial score (nSPS) is 52.2. The van der Waals surface area contributed by atoms with Gasteiger partial charge in [0.2, 0.25) is 0 Å². The molecule has 0 aromatic rings. The number of esters is 1. The van der Waals surface area contributed by atoms with Crippen LogP contribution in [0.2, 0.25) is 0 Å². The van der Waals surface area contributed by atoms with Gasteiger partial charge in [0.05, 0.1) is 48.2 Å².